The van der Waals surface area contributed by atoms with Crippen LogP contribution in [0.15, 0.2) is 12.4 Å². The molecule has 22 heavy (non-hydrogen) atoms. The van der Waals surface area contributed by atoms with Crippen molar-refractivity contribution in [3.05, 3.63) is 12.4 Å². The summed E-state index contributed by atoms with van der Waals surface area (Å²) in [5.41, 5.74) is 0. The largest absolute Gasteiger partial charge is 0.476 e. The molecule has 0 aromatic carbocycles. The Morgan fingerprint density at radius 3 is 2.95 bits per heavy atom. The van der Waals surface area contributed by atoms with Crippen LogP contribution >= 0.6 is 0 Å². The molecule has 6 nitrogen and oxygen atoms in total. The highest BCUT2D eigenvalue weighted by Gasteiger charge is 2.34. The average molecular weight is 304 g/mol. The van der Waals surface area contributed by atoms with Gasteiger partial charge in [0.2, 0.25) is 11.8 Å². The van der Waals surface area contributed by atoms with Crippen molar-refractivity contribution in [1.29, 1.82) is 0 Å². The Labute approximate surface area is 131 Å². The summed E-state index contributed by atoms with van der Waals surface area (Å²) in [6, 6.07) is 0.261. The van der Waals surface area contributed by atoms with E-state index in [-0.39, 0.29) is 11.9 Å². The molecule has 1 aromatic heterocycles. The second-order valence-corrected chi connectivity index (χ2v) is 6.55. The summed E-state index contributed by atoms with van der Waals surface area (Å²) < 4.78 is 5.64. The van der Waals surface area contributed by atoms with Gasteiger partial charge in [-0.3, -0.25) is 9.78 Å². The summed E-state index contributed by atoms with van der Waals surface area (Å²) in [7, 11) is 0. The second-order valence-electron chi connectivity index (χ2n) is 6.55. The Bertz CT molecular complexity index is 531. The molecule has 0 spiro atoms. The molecule has 3 rings (SSSR count). The summed E-state index contributed by atoms with van der Waals surface area (Å²) in [6.07, 6.45) is 7.43. The first-order valence-corrected chi connectivity index (χ1v) is 8.15. The fourth-order valence-corrected chi connectivity index (χ4v) is 2.64. The van der Waals surface area contributed by atoms with E-state index in [4.69, 9.17) is 4.74 Å². The lowest BCUT2D eigenvalue weighted by Crippen LogP contribution is -2.44. The topological polar surface area (TPSA) is 67.3 Å². The maximum Gasteiger partial charge on any atom is 0.242 e. The van der Waals surface area contributed by atoms with Crippen LogP contribution in [-0.2, 0) is 4.79 Å². The number of aromatic nitrogens is 2. The number of hydrogen-bond donors (Lipinski definition) is 1. The number of rotatable bonds is 6. The molecule has 1 saturated heterocycles. The van der Waals surface area contributed by atoms with Crippen LogP contribution in [0.4, 0.5) is 5.82 Å². The summed E-state index contributed by atoms with van der Waals surface area (Å²) in [6.45, 7) is 5.64. The van der Waals surface area contributed by atoms with Crippen molar-refractivity contribution in [2.24, 2.45) is 5.92 Å². The molecule has 2 fully saturated rings. The van der Waals surface area contributed by atoms with E-state index in [0.717, 1.165) is 38.0 Å². The number of ether oxygens (including phenoxy) is 1. The highest BCUT2D eigenvalue weighted by molar-refractivity contribution is 5.86. The van der Waals surface area contributed by atoms with Gasteiger partial charge in [0.25, 0.3) is 0 Å². The van der Waals surface area contributed by atoms with Crippen molar-refractivity contribution >= 4 is 11.7 Å². The van der Waals surface area contributed by atoms with Gasteiger partial charge in [0.05, 0.1) is 19.0 Å². The van der Waals surface area contributed by atoms with Gasteiger partial charge in [-0.15, -0.1) is 0 Å². The molecule has 1 aromatic rings. The minimum Gasteiger partial charge on any atom is -0.476 e. The molecule has 1 aliphatic heterocycles. The summed E-state index contributed by atoms with van der Waals surface area (Å²) in [5, 5.41) is 3.09. The highest BCUT2D eigenvalue weighted by atomic mass is 16.5. The van der Waals surface area contributed by atoms with Gasteiger partial charge in [0.15, 0.2) is 5.82 Å². The number of nitrogens with one attached hydrogen (secondary N) is 1. The fraction of sp³-hybridized carbons (Fsp3) is 0.688. The standard InChI is InChI=1S/C16H24N4O2/c1-11(2)10-22-15-9-17-8-14(19-15)20-7-3-4-13(20)16(21)18-12-5-6-12/h8-9,11-13H,3-7,10H2,1-2H3,(H,18,21)/t13-/m0/s1. The second kappa shape index (κ2) is 6.50. The lowest BCUT2D eigenvalue weighted by atomic mass is 10.2. The summed E-state index contributed by atoms with van der Waals surface area (Å²) in [5.74, 6) is 1.82. The number of nitrogens with zero attached hydrogens (tertiary/aromatic N) is 3. The monoisotopic (exact) mass is 304 g/mol. The van der Waals surface area contributed by atoms with E-state index in [2.05, 4.69) is 29.1 Å². The molecule has 1 atom stereocenters. The molecule has 0 unspecified atom stereocenters. The van der Waals surface area contributed by atoms with Crippen LogP contribution in [0.5, 0.6) is 5.88 Å². The van der Waals surface area contributed by atoms with E-state index in [1.807, 2.05) is 4.90 Å². The Morgan fingerprint density at radius 2 is 2.23 bits per heavy atom. The van der Waals surface area contributed by atoms with Crippen LogP contribution < -0.4 is 15.0 Å². The lowest BCUT2D eigenvalue weighted by molar-refractivity contribution is -0.122. The third-order valence-corrected chi connectivity index (χ3v) is 3.94. The molecule has 1 amide bonds. The van der Waals surface area contributed by atoms with Gasteiger partial charge in [-0.2, -0.15) is 4.98 Å². The number of carbonyl (C=O) groups is 1. The summed E-state index contributed by atoms with van der Waals surface area (Å²) >= 11 is 0. The van der Waals surface area contributed by atoms with E-state index < -0.39 is 0 Å². The van der Waals surface area contributed by atoms with Crippen LogP contribution in [0, 0.1) is 5.92 Å². The van der Waals surface area contributed by atoms with Gasteiger partial charge < -0.3 is 15.0 Å². The minimum absolute atomic E-state index is 0.121. The quantitative estimate of drug-likeness (QED) is 0.867. The number of anilines is 1. The highest BCUT2D eigenvalue weighted by Crippen LogP contribution is 2.26. The molecular formula is C16H24N4O2. The molecule has 6 heteroatoms. The fourth-order valence-electron chi connectivity index (χ4n) is 2.64. The van der Waals surface area contributed by atoms with Crippen LogP contribution in [0.3, 0.4) is 0 Å². The Kier molecular flexibility index (Phi) is 4.45. The van der Waals surface area contributed by atoms with E-state index in [0.29, 0.717) is 24.4 Å². The molecule has 1 aliphatic carbocycles. The van der Waals surface area contributed by atoms with E-state index >= 15 is 0 Å². The average Bonchev–Trinajstić information content (AvgIpc) is 3.17. The van der Waals surface area contributed by atoms with E-state index in [1.54, 1.807) is 12.4 Å². The van der Waals surface area contributed by atoms with Crippen molar-refractivity contribution in [3.8, 4) is 5.88 Å². The molecular weight excluding hydrogens is 280 g/mol. The van der Waals surface area contributed by atoms with Gasteiger partial charge in [-0.1, -0.05) is 13.8 Å². The van der Waals surface area contributed by atoms with Gasteiger partial charge in [-0.05, 0) is 31.6 Å². The van der Waals surface area contributed by atoms with Crippen molar-refractivity contribution in [1.82, 2.24) is 15.3 Å². The smallest absolute Gasteiger partial charge is 0.242 e. The molecule has 1 N–H and O–H groups in total. The number of hydrogen-bond acceptors (Lipinski definition) is 5. The first-order chi connectivity index (χ1) is 10.6. The Morgan fingerprint density at radius 1 is 1.41 bits per heavy atom. The van der Waals surface area contributed by atoms with Crippen molar-refractivity contribution in [2.75, 3.05) is 18.1 Å². The summed E-state index contributed by atoms with van der Waals surface area (Å²) in [4.78, 5) is 23.1. The van der Waals surface area contributed by atoms with Crippen molar-refractivity contribution in [3.63, 3.8) is 0 Å². The minimum atomic E-state index is -0.129. The Hall–Kier alpha value is -1.85. The van der Waals surface area contributed by atoms with Gasteiger partial charge in [0, 0.05) is 12.6 Å². The van der Waals surface area contributed by atoms with Gasteiger partial charge in [-0.25, -0.2) is 0 Å². The zero-order valence-corrected chi connectivity index (χ0v) is 13.3. The van der Waals surface area contributed by atoms with Crippen molar-refractivity contribution in [2.45, 2.75) is 51.6 Å². The van der Waals surface area contributed by atoms with Crippen LogP contribution in [0.1, 0.15) is 39.5 Å². The molecule has 0 bridgehead atoms. The predicted molar refractivity (Wildman–Crippen MR) is 83.9 cm³/mol. The molecule has 2 aliphatic rings. The normalized spacial score (nSPS) is 21.2. The first kappa shape index (κ1) is 15.1. The maximum atomic E-state index is 12.3. The maximum absolute atomic E-state index is 12.3. The zero-order chi connectivity index (χ0) is 15.5. The van der Waals surface area contributed by atoms with Crippen LogP contribution in [0.2, 0.25) is 0 Å². The van der Waals surface area contributed by atoms with Crippen LogP contribution in [0.25, 0.3) is 0 Å². The number of carbonyl (C=O) groups excluding carboxylic acids is 1. The van der Waals surface area contributed by atoms with Gasteiger partial charge >= 0.3 is 0 Å². The SMILES string of the molecule is CC(C)COc1cncc(N2CCC[C@H]2C(=O)NC2CC2)n1. The predicted octanol–water partition coefficient (Wildman–Crippen LogP) is 1.76. The van der Waals surface area contributed by atoms with E-state index in [9.17, 15) is 4.79 Å². The van der Waals surface area contributed by atoms with Crippen LogP contribution in [-0.4, -0.2) is 41.1 Å². The van der Waals surface area contributed by atoms with E-state index in [1.165, 1.54) is 0 Å². The lowest BCUT2D eigenvalue weighted by Gasteiger charge is -2.24. The van der Waals surface area contributed by atoms with Crippen molar-refractivity contribution < 1.29 is 9.53 Å². The van der Waals surface area contributed by atoms with Gasteiger partial charge in [0.1, 0.15) is 6.04 Å². The molecule has 120 valence electrons. The molecule has 2 heterocycles. The zero-order valence-electron chi connectivity index (χ0n) is 13.3. The third kappa shape index (κ3) is 3.67. The first-order valence-electron chi connectivity index (χ1n) is 8.15. The third-order valence-electron chi connectivity index (χ3n) is 3.94. The molecule has 1 saturated carbocycles. The molecule has 0 radical (unpaired) electrons. The Balaban J connectivity index is 1.68. The number of amides is 1.